The number of phenolic OH excluding ortho intramolecular Hbond substituents is 1. The van der Waals surface area contributed by atoms with Gasteiger partial charge in [-0.3, -0.25) is 9.89 Å². The number of hydrogen-bond donors (Lipinski definition) is 3. The van der Waals surface area contributed by atoms with Gasteiger partial charge in [-0.2, -0.15) is 10.2 Å². The quantitative estimate of drug-likeness (QED) is 0.581. The molecule has 1 aliphatic rings. The highest BCUT2D eigenvalue weighted by Gasteiger charge is 2.26. The largest absolute Gasteiger partial charge is 0.504 e. The van der Waals surface area contributed by atoms with Gasteiger partial charge in [0.05, 0.1) is 12.8 Å². The first kappa shape index (κ1) is 15.1. The van der Waals surface area contributed by atoms with E-state index in [9.17, 15) is 9.90 Å². The minimum absolute atomic E-state index is 0.0530. The number of nitrogens with zero attached hydrogens (tertiary/aromatic N) is 2. The summed E-state index contributed by atoms with van der Waals surface area (Å²) in [5.41, 5.74) is 5.14. The zero-order valence-electron chi connectivity index (χ0n) is 13.0. The summed E-state index contributed by atoms with van der Waals surface area (Å²) in [7, 11) is 1.47. The van der Waals surface area contributed by atoms with Crippen LogP contribution >= 0.6 is 0 Å². The molecule has 1 heterocycles. The summed E-state index contributed by atoms with van der Waals surface area (Å²) in [6, 6.07) is 6.63. The van der Waals surface area contributed by atoms with Crippen molar-refractivity contribution in [1.29, 1.82) is 0 Å². The molecule has 1 amide bonds. The van der Waals surface area contributed by atoms with Gasteiger partial charge < -0.3 is 9.84 Å². The molecule has 3 rings (SSSR count). The lowest BCUT2D eigenvalue weighted by atomic mass is 10.1. The average Bonchev–Trinajstić information content (AvgIpc) is 3.29. The van der Waals surface area contributed by atoms with Crippen molar-refractivity contribution in [1.82, 2.24) is 15.6 Å². The summed E-state index contributed by atoms with van der Waals surface area (Å²) >= 11 is 0. The maximum absolute atomic E-state index is 12.0. The van der Waals surface area contributed by atoms with Gasteiger partial charge >= 0.3 is 0 Å². The molecule has 7 heteroatoms. The first-order chi connectivity index (χ1) is 11.1. The van der Waals surface area contributed by atoms with E-state index in [1.54, 1.807) is 25.1 Å². The molecule has 1 aliphatic carbocycles. The number of hydrazone groups is 1. The fraction of sp³-hybridized carbons (Fsp3) is 0.312. The van der Waals surface area contributed by atoms with Gasteiger partial charge in [0.1, 0.15) is 0 Å². The molecule has 120 valence electrons. The molecule has 1 aromatic heterocycles. The van der Waals surface area contributed by atoms with Gasteiger partial charge in [0.25, 0.3) is 5.91 Å². The van der Waals surface area contributed by atoms with Crippen LogP contribution in [0.25, 0.3) is 0 Å². The van der Waals surface area contributed by atoms with Crippen LogP contribution in [0.3, 0.4) is 0 Å². The van der Waals surface area contributed by atoms with Gasteiger partial charge in [0.2, 0.25) is 0 Å². The maximum Gasteiger partial charge on any atom is 0.291 e. The van der Waals surface area contributed by atoms with E-state index in [1.165, 1.54) is 13.2 Å². The number of hydrogen-bond acceptors (Lipinski definition) is 5. The number of rotatable bonds is 5. The maximum atomic E-state index is 12.0. The van der Waals surface area contributed by atoms with Gasteiger partial charge in [-0.1, -0.05) is 0 Å². The van der Waals surface area contributed by atoms with Crippen molar-refractivity contribution in [2.24, 2.45) is 5.10 Å². The Morgan fingerprint density at radius 3 is 2.91 bits per heavy atom. The highest BCUT2D eigenvalue weighted by molar-refractivity contribution is 6.00. The van der Waals surface area contributed by atoms with E-state index in [1.807, 2.05) is 0 Å². The lowest BCUT2D eigenvalue weighted by molar-refractivity contribution is 0.0950. The van der Waals surface area contributed by atoms with Crippen molar-refractivity contribution in [3.05, 3.63) is 41.2 Å². The number of amides is 1. The summed E-state index contributed by atoms with van der Waals surface area (Å²) in [6.45, 7) is 1.76. The number of H-pyrrole nitrogens is 1. The standard InChI is InChI=1S/C16H18N4O3/c1-9(11-5-6-14(21)15(7-11)23-2)17-20-16(22)13-8-12(18-19-13)10-3-4-10/h5-8,10,21H,3-4H2,1-2H3,(H,18,19)(H,20,22)/b17-9+. The third-order valence-corrected chi connectivity index (χ3v) is 3.77. The van der Waals surface area contributed by atoms with Crippen LogP contribution in [-0.2, 0) is 0 Å². The van der Waals surface area contributed by atoms with Crippen LogP contribution in [0, 0.1) is 0 Å². The van der Waals surface area contributed by atoms with Crippen molar-refractivity contribution >= 4 is 11.6 Å². The first-order valence-electron chi connectivity index (χ1n) is 7.36. The van der Waals surface area contributed by atoms with Crippen molar-refractivity contribution in [2.45, 2.75) is 25.7 Å². The Labute approximate surface area is 133 Å². The first-order valence-corrected chi connectivity index (χ1v) is 7.36. The molecular formula is C16H18N4O3. The summed E-state index contributed by atoms with van der Waals surface area (Å²) in [4.78, 5) is 12.0. The number of carbonyl (C=O) groups is 1. The second-order valence-corrected chi connectivity index (χ2v) is 5.51. The minimum Gasteiger partial charge on any atom is -0.504 e. The van der Waals surface area contributed by atoms with E-state index < -0.39 is 0 Å². The average molecular weight is 314 g/mol. The number of benzene rings is 1. The Balaban J connectivity index is 1.69. The molecule has 2 aromatic rings. The third-order valence-electron chi connectivity index (χ3n) is 3.77. The summed E-state index contributed by atoms with van der Waals surface area (Å²) in [5, 5.41) is 20.6. The normalized spacial score (nSPS) is 14.6. The van der Waals surface area contributed by atoms with Gasteiger partial charge in [-0.05, 0) is 44.0 Å². The van der Waals surface area contributed by atoms with E-state index in [0.29, 0.717) is 23.1 Å². The second-order valence-electron chi connectivity index (χ2n) is 5.51. The number of phenols is 1. The van der Waals surface area contributed by atoms with Crippen molar-refractivity contribution in [2.75, 3.05) is 7.11 Å². The lowest BCUT2D eigenvalue weighted by Gasteiger charge is -2.06. The number of methoxy groups -OCH3 is 1. The molecule has 7 nitrogen and oxygen atoms in total. The molecular weight excluding hydrogens is 296 g/mol. The van der Waals surface area contributed by atoms with E-state index in [4.69, 9.17) is 4.74 Å². The molecule has 0 spiro atoms. The monoisotopic (exact) mass is 314 g/mol. The topological polar surface area (TPSA) is 99.6 Å². The van der Waals surface area contributed by atoms with Crippen LogP contribution in [-0.4, -0.2) is 34.0 Å². The third kappa shape index (κ3) is 3.33. The predicted octanol–water partition coefficient (Wildman–Crippen LogP) is 2.16. The van der Waals surface area contributed by atoms with Crippen LogP contribution in [0.1, 0.15) is 47.4 Å². The fourth-order valence-electron chi connectivity index (χ4n) is 2.22. The number of ether oxygens (including phenoxy) is 1. The zero-order valence-corrected chi connectivity index (χ0v) is 13.0. The zero-order chi connectivity index (χ0) is 16.4. The molecule has 1 fully saturated rings. The molecule has 0 radical (unpaired) electrons. The number of nitrogens with one attached hydrogen (secondary N) is 2. The number of aromatic nitrogens is 2. The number of carbonyl (C=O) groups excluding carboxylic acids is 1. The van der Waals surface area contributed by atoms with Crippen LogP contribution in [0.15, 0.2) is 29.4 Å². The molecule has 1 saturated carbocycles. The Morgan fingerprint density at radius 2 is 2.22 bits per heavy atom. The lowest BCUT2D eigenvalue weighted by Crippen LogP contribution is -2.19. The fourth-order valence-corrected chi connectivity index (χ4v) is 2.22. The SMILES string of the molecule is COc1cc(/C(C)=N/NC(=O)c2cc(C3CC3)[nH]n2)ccc1O. The summed E-state index contributed by atoms with van der Waals surface area (Å²) in [6.07, 6.45) is 2.28. The molecule has 1 aromatic carbocycles. The van der Waals surface area contributed by atoms with E-state index in [-0.39, 0.29) is 11.7 Å². The number of aromatic hydroxyl groups is 1. The highest BCUT2D eigenvalue weighted by Crippen LogP contribution is 2.38. The number of aromatic amines is 1. The second kappa shape index (κ2) is 6.12. The van der Waals surface area contributed by atoms with Crippen LogP contribution in [0.2, 0.25) is 0 Å². The molecule has 0 atom stereocenters. The molecule has 0 unspecified atom stereocenters. The Bertz CT molecular complexity index is 762. The van der Waals surface area contributed by atoms with E-state index in [2.05, 4.69) is 20.7 Å². The van der Waals surface area contributed by atoms with Gasteiger partial charge in [0, 0.05) is 17.2 Å². The molecule has 0 saturated heterocycles. The van der Waals surface area contributed by atoms with E-state index >= 15 is 0 Å². The Morgan fingerprint density at radius 1 is 1.43 bits per heavy atom. The van der Waals surface area contributed by atoms with Crippen molar-refractivity contribution in [3.63, 3.8) is 0 Å². The van der Waals surface area contributed by atoms with Crippen molar-refractivity contribution in [3.8, 4) is 11.5 Å². The van der Waals surface area contributed by atoms with Crippen LogP contribution in [0.5, 0.6) is 11.5 Å². The Kier molecular flexibility index (Phi) is 4.01. The predicted molar refractivity (Wildman–Crippen MR) is 84.9 cm³/mol. The van der Waals surface area contributed by atoms with Crippen LogP contribution < -0.4 is 10.2 Å². The molecule has 0 aliphatic heterocycles. The smallest absolute Gasteiger partial charge is 0.291 e. The Hall–Kier alpha value is -2.83. The van der Waals surface area contributed by atoms with Gasteiger partial charge in [-0.25, -0.2) is 5.43 Å². The molecule has 23 heavy (non-hydrogen) atoms. The van der Waals surface area contributed by atoms with Crippen LogP contribution in [0.4, 0.5) is 0 Å². The van der Waals surface area contributed by atoms with E-state index in [0.717, 1.165) is 24.1 Å². The molecule has 3 N–H and O–H groups in total. The highest BCUT2D eigenvalue weighted by atomic mass is 16.5. The molecule has 0 bridgehead atoms. The minimum atomic E-state index is -0.363. The summed E-state index contributed by atoms with van der Waals surface area (Å²) < 4.78 is 5.06. The summed E-state index contributed by atoms with van der Waals surface area (Å²) in [5.74, 6) is 0.555. The van der Waals surface area contributed by atoms with Crippen molar-refractivity contribution < 1.29 is 14.6 Å². The van der Waals surface area contributed by atoms with Gasteiger partial charge in [-0.15, -0.1) is 0 Å². The van der Waals surface area contributed by atoms with Gasteiger partial charge in [0.15, 0.2) is 17.2 Å².